The topological polar surface area (TPSA) is 32.3 Å². The fourth-order valence-electron chi connectivity index (χ4n) is 2.36. The first-order valence-corrected chi connectivity index (χ1v) is 5.30. The van der Waals surface area contributed by atoms with Gasteiger partial charge in [-0.05, 0) is 32.7 Å². The number of nitrogens with zero attached hydrogens (tertiary/aromatic N) is 1. The van der Waals surface area contributed by atoms with Gasteiger partial charge in [-0.25, -0.2) is 0 Å². The molecule has 1 N–H and O–H groups in total. The average Bonchev–Trinajstić information content (AvgIpc) is 2.72. The average molecular weight is 182 g/mol. The summed E-state index contributed by atoms with van der Waals surface area (Å²) in [6, 6.07) is 0.480. The van der Waals surface area contributed by atoms with E-state index in [1.54, 1.807) is 0 Å². The number of likely N-dealkylation sites (tertiary alicyclic amines) is 1. The van der Waals surface area contributed by atoms with E-state index in [4.69, 9.17) is 0 Å². The van der Waals surface area contributed by atoms with Gasteiger partial charge in [-0.3, -0.25) is 4.79 Å². The first-order chi connectivity index (χ1) is 6.29. The molecule has 0 aliphatic carbocycles. The largest absolute Gasteiger partial charge is 0.340 e. The van der Waals surface area contributed by atoms with Gasteiger partial charge in [0, 0.05) is 19.1 Å². The molecule has 0 saturated carbocycles. The van der Waals surface area contributed by atoms with E-state index in [0.29, 0.717) is 11.9 Å². The standard InChI is InChI=1S/C10H18N2O/c1-8-3-2-6-12(8)10(13)9-4-5-11-7-9/h8-9,11H,2-7H2,1H3/t8-,9-/m1/s1. The fraction of sp³-hybridized carbons (Fsp3) is 0.900. The first kappa shape index (κ1) is 9.00. The van der Waals surface area contributed by atoms with Gasteiger partial charge in [0.2, 0.25) is 5.91 Å². The lowest BCUT2D eigenvalue weighted by molar-refractivity contribution is -0.135. The zero-order valence-electron chi connectivity index (χ0n) is 8.25. The first-order valence-electron chi connectivity index (χ1n) is 5.30. The monoisotopic (exact) mass is 182 g/mol. The number of hydrogen-bond acceptors (Lipinski definition) is 2. The van der Waals surface area contributed by atoms with Crippen LogP contribution in [0, 0.1) is 5.92 Å². The zero-order valence-corrected chi connectivity index (χ0v) is 8.25. The van der Waals surface area contributed by atoms with Crippen molar-refractivity contribution in [2.75, 3.05) is 19.6 Å². The van der Waals surface area contributed by atoms with Crippen molar-refractivity contribution in [2.24, 2.45) is 5.92 Å². The molecule has 2 fully saturated rings. The van der Waals surface area contributed by atoms with Gasteiger partial charge < -0.3 is 10.2 Å². The number of rotatable bonds is 1. The molecule has 2 rings (SSSR count). The SMILES string of the molecule is C[C@@H]1CCCN1C(=O)[C@@H]1CCNC1. The lowest BCUT2D eigenvalue weighted by Gasteiger charge is -2.24. The third-order valence-electron chi connectivity index (χ3n) is 3.25. The molecule has 0 radical (unpaired) electrons. The van der Waals surface area contributed by atoms with Gasteiger partial charge in [0.05, 0.1) is 5.92 Å². The van der Waals surface area contributed by atoms with Crippen LogP contribution in [0.5, 0.6) is 0 Å². The van der Waals surface area contributed by atoms with Crippen molar-refractivity contribution >= 4 is 5.91 Å². The molecule has 13 heavy (non-hydrogen) atoms. The molecule has 0 aromatic carbocycles. The van der Waals surface area contributed by atoms with Crippen molar-refractivity contribution in [1.82, 2.24) is 10.2 Å². The van der Waals surface area contributed by atoms with E-state index < -0.39 is 0 Å². The Labute approximate surface area is 79.5 Å². The van der Waals surface area contributed by atoms with Crippen LogP contribution < -0.4 is 5.32 Å². The Kier molecular flexibility index (Phi) is 2.54. The fourth-order valence-corrected chi connectivity index (χ4v) is 2.36. The van der Waals surface area contributed by atoms with E-state index in [1.165, 1.54) is 12.8 Å². The summed E-state index contributed by atoms with van der Waals surface area (Å²) in [6.45, 7) is 5.05. The van der Waals surface area contributed by atoms with Gasteiger partial charge in [-0.2, -0.15) is 0 Å². The van der Waals surface area contributed by atoms with E-state index >= 15 is 0 Å². The van der Waals surface area contributed by atoms with Crippen LogP contribution in [0.25, 0.3) is 0 Å². The Morgan fingerprint density at radius 3 is 2.85 bits per heavy atom. The molecule has 2 heterocycles. The van der Waals surface area contributed by atoms with Crippen molar-refractivity contribution in [1.29, 1.82) is 0 Å². The Bertz CT molecular complexity index is 199. The third kappa shape index (κ3) is 1.70. The predicted octanol–water partition coefficient (Wildman–Crippen LogP) is 0.607. The summed E-state index contributed by atoms with van der Waals surface area (Å²) < 4.78 is 0. The van der Waals surface area contributed by atoms with Crippen LogP contribution in [0.3, 0.4) is 0 Å². The molecular weight excluding hydrogens is 164 g/mol. The molecule has 2 aliphatic rings. The molecule has 2 aliphatic heterocycles. The Balaban J connectivity index is 1.95. The molecule has 3 heteroatoms. The van der Waals surface area contributed by atoms with Crippen molar-refractivity contribution in [2.45, 2.75) is 32.2 Å². The van der Waals surface area contributed by atoms with Crippen molar-refractivity contribution < 1.29 is 4.79 Å². The molecule has 2 atom stereocenters. The third-order valence-corrected chi connectivity index (χ3v) is 3.25. The van der Waals surface area contributed by atoms with E-state index in [9.17, 15) is 4.79 Å². The lowest BCUT2D eigenvalue weighted by atomic mass is 10.1. The number of carbonyl (C=O) groups is 1. The minimum absolute atomic E-state index is 0.264. The molecule has 0 aromatic rings. The summed E-state index contributed by atoms with van der Waals surface area (Å²) in [5, 5.41) is 3.24. The van der Waals surface area contributed by atoms with Gasteiger partial charge in [-0.1, -0.05) is 0 Å². The minimum Gasteiger partial charge on any atom is -0.340 e. The summed E-state index contributed by atoms with van der Waals surface area (Å²) in [4.78, 5) is 14.0. The molecule has 74 valence electrons. The van der Waals surface area contributed by atoms with Gasteiger partial charge in [0.1, 0.15) is 0 Å². The van der Waals surface area contributed by atoms with Gasteiger partial charge in [0.25, 0.3) is 0 Å². The van der Waals surface area contributed by atoms with E-state index in [-0.39, 0.29) is 5.92 Å². The maximum Gasteiger partial charge on any atom is 0.227 e. The molecular formula is C10H18N2O. The van der Waals surface area contributed by atoms with Crippen molar-refractivity contribution in [3.63, 3.8) is 0 Å². The number of amides is 1. The van der Waals surface area contributed by atoms with Gasteiger partial charge in [0.15, 0.2) is 0 Å². The molecule has 0 spiro atoms. The zero-order chi connectivity index (χ0) is 9.26. The Morgan fingerprint density at radius 1 is 1.46 bits per heavy atom. The van der Waals surface area contributed by atoms with Crippen LogP contribution in [0.1, 0.15) is 26.2 Å². The molecule has 0 unspecified atom stereocenters. The maximum atomic E-state index is 11.9. The summed E-state index contributed by atoms with van der Waals surface area (Å²) in [5.41, 5.74) is 0. The van der Waals surface area contributed by atoms with Crippen molar-refractivity contribution in [3.8, 4) is 0 Å². The summed E-state index contributed by atoms with van der Waals surface area (Å²) in [5.74, 6) is 0.649. The molecule has 0 aromatic heterocycles. The number of hydrogen-bond donors (Lipinski definition) is 1. The van der Waals surface area contributed by atoms with Crippen LogP contribution >= 0.6 is 0 Å². The highest BCUT2D eigenvalue weighted by Crippen LogP contribution is 2.21. The van der Waals surface area contributed by atoms with Crippen LogP contribution in [0.15, 0.2) is 0 Å². The van der Waals surface area contributed by atoms with Crippen LogP contribution in [0.4, 0.5) is 0 Å². The highest BCUT2D eigenvalue weighted by Gasteiger charge is 2.31. The van der Waals surface area contributed by atoms with Crippen LogP contribution in [-0.2, 0) is 4.79 Å². The second-order valence-electron chi connectivity index (χ2n) is 4.21. The maximum absolute atomic E-state index is 11.9. The summed E-state index contributed by atoms with van der Waals surface area (Å²) >= 11 is 0. The summed E-state index contributed by atoms with van der Waals surface area (Å²) in [7, 11) is 0. The predicted molar refractivity (Wildman–Crippen MR) is 51.4 cm³/mol. The second-order valence-corrected chi connectivity index (χ2v) is 4.21. The number of nitrogens with one attached hydrogen (secondary N) is 1. The van der Waals surface area contributed by atoms with Crippen LogP contribution in [-0.4, -0.2) is 36.5 Å². The summed E-state index contributed by atoms with van der Waals surface area (Å²) in [6.07, 6.45) is 3.40. The van der Waals surface area contributed by atoms with Crippen LogP contribution in [0.2, 0.25) is 0 Å². The molecule has 1 amide bonds. The molecule has 0 bridgehead atoms. The quantitative estimate of drug-likeness (QED) is 0.644. The second kappa shape index (κ2) is 3.66. The van der Waals surface area contributed by atoms with Gasteiger partial charge >= 0.3 is 0 Å². The van der Waals surface area contributed by atoms with Gasteiger partial charge in [-0.15, -0.1) is 0 Å². The van der Waals surface area contributed by atoms with E-state index in [2.05, 4.69) is 17.1 Å². The minimum atomic E-state index is 0.264. The number of carbonyl (C=O) groups excluding carboxylic acids is 1. The highest BCUT2D eigenvalue weighted by molar-refractivity contribution is 5.80. The Morgan fingerprint density at radius 2 is 2.31 bits per heavy atom. The van der Waals surface area contributed by atoms with E-state index in [1.807, 2.05) is 0 Å². The normalized spacial score (nSPS) is 34.1. The Hall–Kier alpha value is -0.570. The highest BCUT2D eigenvalue weighted by atomic mass is 16.2. The molecule has 3 nitrogen and oxygen atoms in total. The molecule has 2 saturated heterocycles. The van der Waals surface area contributed by atoms with E-state index in [0.717, 1.165) is 26.1 Å². The smallest absolute Gasteiger partial charge is 0.227 e. The van der Waals surface area contributed by atoms with Crippen molar-refractivity contribution in [3.05, 3.63) is 0 Å². The lowest BCUT2D eigenvalue weighted by Crippen LogP contribution is -2.38.